The van der Waals surface area contributed by atoms with Crippen LogP contribution < -0.4 is 10.6 Å². The second-order valence-electron chi connectivity index (χ2n) is 8.32. The van der Waals surface area contributed by atoms with Gasteiger partial charge in [0.15, 0.2) is 5.60 Å². The quantitative estimate of drug-likeness (QED) is 0.465. The van der Waals surface area contributed by atoms with Crippen molar-refractivity contribution in [1.82, 2.24) is 4.90 Å². The van der Waals surface area contributed by atoms with E-state index in [1.54, 1.807) is 18.2 Å². The number of carbonyl (C=O) groups is 2. The zero-order valence-electron chi connectivity index (χ0n) is 19.7. The number of carbonyl (C=O) groups excluding carboxylic acids is 2. The number of fused-ring (bicyclic) bond motifs is 1. The van der Waals surface area contributed by atoms with E-state index in [1.807, 2.05) is 42.5 Å². The van der Waals surface area contributed by atoms with Gasteiger partial charge < -0.3 is 20.6 Å². The number of nitrogens with zero attached hydrogens (tertiary/aromatic N) is 2. The summed E-state index contributed by atoms with van der Waals surface area (Å²) in [5.41, 5.74) is 6.41. The Balaban J connectivity index is 0.00000342. The maximum atomic E-state index is 14.0. The lowest BCUT2D eigenvalue weighted by Gasteiger charge is -2.27. The number of amides is 2. The van der Waals surface area contributed by atoms with E-state index in [1.165, 1.54) is 11.0 Å². The van der Waals surface area contributed by atoms with Crippen LogP contribution in [0, 0.1) is 0 Å². The van der Waals surface area contributed by atoms with Crippen molar-refractivity contribution in [3.63, 3.8) is 0 Å². The van der Waals surface area contributed by atoms with Crippen molar-refractivity contribution in [3.05, 3.63) is 88.4 Å². The summed E-state index contributed by atoms with van der Waals surface area (Å²) in [5.74, 6) is -1.15. The monoisotopic (exact) mass is 513 g/mol. The maximum absolute atomic E-state index is 14.0. The lowest BCUT2D eigenvalue weighted by atomic mass is 9.82. The third kappa shape index (κ3) is 4.67. The molecular weight excluding hydrogens is 485 g/mol. The van der Waals surface area contributed by atoms with Gasteiger partial charge in [-0.3, -0.25) is 9.59 Å². The number of likely N-dealkylation sites (N-methyl/N-ethyl adjacent to an activating group) is 1. The maximum Gasteiger partial charge on any atom is 0.268 e. The van der Waals surface area contributed by atoms with E-state index in [2.05, 4.69) is 18.7 Å². The Hall–Kier alpha value is -2.90. The summed E-state index contributed by atoms with van der Waals surface area (Å²) in [5, 5.41) is 12.3. The topological polar surface area (TPSA) is 86.9 Å². The molecule has 0 spiro atoms. The fourth-order valence-corrected chi connectivity index (χ4v) is 4.99. The molecule has 0 aromatic heterocycles. The molecule has 8 heteroatoms. The third-order valence-electron chi connectivity index (χ3n) is 6.50. The SMILES string of the molecule is CCN(CC)CCN1C(=O)C(O)(c2ccccc2-c2ccccc2)c2c(Cl)cc(C(N)=O)cc21.Cl. The summed E-state index contributed by atoms with van der Waals surface area (Å²) in [4.78, 5) is 29.6. The van der Waals surface area contributed by atoms with Gasteiger partial charge in [-0.2, -0.15) is 0 Å². The van der Waals surface area contributed by atoms with Gasteiger partial charge in [-0.25, -0.2) is 0 Å². The largest absolute Gasteiger partial charge is 0.372 e. The Morgan fingerprint density at radius 3 is 2.31 bits per heavy atom. The van der Waals surface area contributed by atoms with E-state index >= 15 is 0 Å². The van der Waals surface area contributed by atoms with Gasteiger partial charge in [0, 0.05) is 29.8 Å². The van der Waals surface area contributed by atoms with E-state index in [9.17, 15) is 14.7 Å². The van der Waals surface area contributed by atoms with Gasteiger partial charge in [0.1, 0.15) is 0 Å². The van der Waals surface area contributed by atoms with E-state index < -0.39 is 17.4 Å². The van der Waals surface area contributed by atoms with E-state index in [-0.39, 0.29) is 28.6 Å². The van der Waals surface area contributed by atoms with E-state index in [4.69, 9.17) is 17.3 Å². The van der Waals surface area contributed by atoms with Crippen molar-refractivity contribution in [1.29, 1.82) is 0 Å². The molecule has 0 radical (unpaired) electrons. The van der Waals surface area contributed by atoms with Gasteiger partial charge in [0.25, 0.3) is 5.91 Å². The Morgan fingerprint density at radius 2 is 1.69 bits per heavy atom. The number of primary amides is 1. The molecule has 3 N–H and O–H groups in total. The molecule has 0 aliphatic carbocycles. The molecule has 1 atom stereocenters. The fourth-order valence-electron chi connectivity index (χ4n) is 4.64. The number of benzene rings is 3. The van der Waals surface area contributed by atoms with E-state index in [0.717, 1.165) is 24.2 Å². The number of aliphatic hydroxyl groups is 1. The van der Waals surface area contributed by atoms with Crippen LogP contribution in [0.2, 0.25) is 5.02 Å². The summed E-state index contributed by atoms with van der Waals surface area (Å²) < 4.78 is 0. The number of halogens is 2. The van der Waals surface area contributed by atoms with Crippen LogP contribution in [0.15, 0.2) is 66.7 Å². The molecule has 0 bridgehead atoms. The highest BCUT2D eigenvalue weighted by molar-refractivity contribution is 6.34. The van der Waals surface area contributed by atoms with Crippen LogP contribution in [-0.2, 0) is 10.4 Å². The molecule has 0 saturated heterocycles. The van der Waals surface area contributed by atoms with Crippen LogP contribution in [0.25, 0.3) is 11.1 Å². The van der Waals surface area contributed by atoms with Crippen molar-refractivity contribution in [2.75, 3.05) is 31.1 Å². The summed E-state index contributed by atoms with van der Waals surface area (Å²) in [6, 6.07) is 19.8. The number of hydrogen-bond donors (Lipinski definition) is 2. The van der Waals surface area contributed by atoms with Crippen LogP contribution in [0.5, 0.6) is 0 Å². The van der Waals surface area contributed by atoms with Crippen molar-refractivity contribution >= 4 is 41.5 Å². The summed E-state index contributed by atoms with van der Waals surface area (Å²) in [6.07, 6.45) is 0. The molecule has 1 aliphatic heterocycles. The molecule has 3 aromatic rings. The average molecular weight is 514 g/mol. The second kappa shape index (κ2) is 10.8. The van der Waals surface area contributed by atoms with Crippen LogP contribution in [-0.4, -0.2) is 48.0 Å². The first kappa shape index (κ1) is 26.7. The summed E-state index contributed by atoms with van der Waals surface area (Å²) >= 11 is 6.64. The van der Waals surface area contributed by atoms with Crippen molar-refractivity contribution < 1.29 is 14.7 Å². The summed E-state index contributed by atoms with van der Waals surface area (Å²) in [6.45, 7) is 6.70. The van der Waals surface area contributed by atoms with Gasteiger partial charge in [-0.1, -0.05) is 80.0 Å². The second-order valence-corrected chi connectivity index (χ2v) is 8.73. The summed E-state index contributed by atoms with van der Waals surface area (Å²) in [7, 11) is 0. The van der Waals surface area contributed by atoms with Crippen LogP contribution in [0.4, 0.5) is 5.69 Å². The molecule has 3 aromatic carbocycles. The molecule has 2 amide bonds. The minimum atomic E-state index is -2.02. The molecular formula is C27H29Cl2N3O3. The minimum absolute atomic E-state index is 0. The predicted molar refractivity (Wildman–Crippen MR) is 142 cm³/mol. The normalized spacial score (nSPS) is 16.8. The number of nitrogens with two attached hydrogens (primary N) is 1. The molecule has 0 fully saturated rings. The molecule has 1 aliphatic rings. The van der Waals surface area contributed by atoms with Crippen LogP contribution in [0.1, 0.15) is 35.3 Å². The minimum Gasteiger partial charge on any atom is -0.372 e. The first-order valence-corrected chi connectivity index (χ1v) is 11.8. The van der Waals surface area contributed by atoms with Gasteiger partial charge in [-0.05, 0) is 36.3 Å². The average Bonchev–Trinajstić information content (AvgIpc) is 3.07. The van der Waals surface area contributed by atoms with Gasteiger partial charge >= 0.3 is 0 Å². The Bertz CT molecular complexity index is 1230. The zero-order chi connectivity index (χ0) is 24.5. The fraction of sp³-hybridized carbons (Fsp3) is 0.259. The van der Waals surface area contributed by atoms with E-state index in [0.29, 0.717) is 24.3 Å². The first-order valence-electron chi connectivity index (χ1n) is 11.4. The Morgan fingerprint density at radius 1 is 1.06 bits per heavy atom. The third-order valence-corrected chi connectivity index (χ3v) is 6.80. The molecule has 0 saturated carbocycles. The zero-order valence-corrected chi connectivity index (χ0v) is 21.3. The van der Waals surface area contributed by atoms with Crippen LogP contribution >= 0.6 is 24.0 Å². The Kier molecular flexibility index (Phi) is 8.23. The van der Waals surface area contributed by atoms with Gasteiger partial charge in [-0.15, -0.1) is 12.4 Å². The lowest BCUT2D eigenvalue weighted by molar-refractivity contribution is -0.132. The highest BCUT2D eigenvalue weighted by Crippen LogP contribution is 2.50. The van der Waals surface area contributed by atoms with Crippen molar-refractivity contribution in [3.8, 4) is 11.1 Å². The van der Waals surface area contributed by atoms with Crippen molar-refractivity contribution in [2.45, 2.75) is 19.4 Å². The van der Waals surface area contributed by atoms with Crippen molar-refractivity contribution in [2.24, 2.45) is 5.73 Å². The number of rotatable bonds is 8. The highest BCUT2D eigenvalue weighted by atomic mass is 35.5. The predicted octanol–water partition coefficient (Wildman–Crippen LogP) is 4.45. The molecule has 6 nitrogen and oxygen atoms in total. The molecule has 1 heterocycles. The van der Waals surface area contributed by atoms with Gasteiger partial charge in [0.2, 0.25) is 5.91 Å². The Labute approximate surface area is 216 Å². The first-order chi connectivity index (χ1) is 16.3. The molecule has 35 heavy (non-hydrogen) atoms. The lowest BCUT2D eigenvalue weighted by Crippen LogP contribution is -2.44. The number of hydrogen-bond acceptors (Lipinski definition) is 4. The van der Waals surface area contributed by atoms with Crippen LogP contribution in [0.3, 0.4) is 0 Å². The standard InChI is InChI=1S/C27H28ClN3O3.ClH/c1-3-30(4-2)14-15-31-23-17-19(25(29)32)16-22(28)24(23)27(34,26(31)33)21-13-9-8-12-20(21)18-10-6-5-7-11-18;/h5-13,16-17,34H,3-4,14-15H2,1-2H3,(H2,29,32);1H. The number of anilines is 1. The smallest absolute Gasteiger partial charge is 0.268 e. The molecule has 4 rings (SSSR count). The molecule has 184 valence electrons. The highest BCUT2D eigenvalue weighted by Gasteiger charge is 2.53. The molecule has 1 unspecified atom stereocenters. The van der Waals surface area contributed by atoms with Gasteiger partial charge in [0.05, 0.1) is 10.7 Å².